The number of nitro groups is 1. The maximum atomic E-state index is 12.5. The van der Waals surface area contributed by atoms with Crippen LogP contribution in [0.4, 0.5) is 5.69 Å². The fraction of sp³-hybridized carbons (Fsp3) is 0.0556. The van der Waals surface area contributed by atoms with Crippen molar-refractivity contribution >= 4 is 11.6 Å². The number of hydrogen-bond donors (Lipinski definition) is 1. The first-order chi connectivity index (χ1) is 11.6. The predicted molar refractivity (Wildman–Crippen MR) is 87.6 cm³/mol. The zero-order chi connectivity index (χ0) is 16.9. The van der Waals surface area contributed by atoms with E-state index >= 15 is 0 Å². The molecular formula is C18H14N2O4. The van der Waals surface area contributed by atoms with Crippen LogP contribution in [0.2, 0.25) is 0 Å². The second kappa shape index (κ2) is 6.78. The van der Waals surface area contributed by atoms with E-state index in [4.69, 9.17) is 4.42 Å². The number of non-ortho nitro benzene ring substituents is 1. The van der Waals surface area contributed by atoms with E-state index in [0.29, 0.717) is 5.76 Å². The van der Waals surface area contributed by atoms with E-state index in [1.807, 2.05) is 30.3 Å². The van der Waals surface area contributed by atoms with Crippen LogP contribution in [-0.2, 0) is 0 Å². The SMILES string of the molecule is O=C(N[C@H](c1ccccc1)c1ccco1)c1cccc([N+](=O)[O-])c1. The molecule has 1 atom stereocenters. The van der Waals surface area contributed by atoms with E-state index in [-0.39, 0.29) is 11.3 Å². The molecule has 6 heteroatoms. The lowest BCUT2D eigenvalue weighted by molar-refractivity contribution is -0.384. The standard InChI is InChI=1S/C18H14N2O4/c21-18(14-8-4-9-15(12-14)20(22)23)19-17(16-10-5-11-24-16)13-6-2-1-3-7-13/h1-12,17H,(H,19,21)/t17-/m1/s1. The van der Waals surface area contributed by atoms with Gasteiger partial charge >= 0.3 is 0 Å². The minimum atomic E-state index is -0.530. The van der Waals surface area contributed by atoms with E-state index in [2.05, 4.69) is 5.32 Å². The lowest BCUT2D eigenvalue weighted by Crippen LogP contribution is -2.29. The molecule has 0 spiro atoms. The molecule has 1 amide bonds. The summed E-state index contributed by atoms with van der Waals surface area (Å²) in [6, 6.07) is 18.0. The monoisotopic (exact) mass is 322 g/mol. The molecule has 0 radical (unpaired) electrons. The van der Waals surface area contributed by atoms with Crippen LogP contribution in [0.15, 0.2) is 77.4 Å². The highest BCUT2D eigenvalue weighted by Gasteiger charge is 2.21. The number of nitrogens with one attached hydrogen (secondary N) is 1. The molecule has 0 aliphatic heterocycles. The molecule has 1 N–H and O–H groups in total. The highest BCUT2D eigenvalue weighted by Crippen LogP contribution is 2.23. The maximum Gasteiger partial charge on any atom is 0.270 e. The third-order valence-electron chi connectivity index (χ3n) is 3.56. The number of nitro benzene ring substituents is 1. The van der Waals surface area contributed by atoms with Gasteiger partial charge in [-0.15, -0.1) is 0 Å². The number of carbonyl (C=O) groups is 1. The van der Waals surface area contributed by atoms with Crippen molar-refractivity contribution < 1.29 is 14.1 Å². The molecular weight excluding hydrogens is 308 g/mol. The van der Waals surface area contributed by atoms with Crippen LogP contribution in [0, 0.1) is 10.1 Å². The number of nitrogens with zero attached hydrogens (tertiary/aromatic N) is 1. The average Bonchev–Trinajstić information content (AvgIpc) is 3.14. The van der Waals surface area contributed by atoms with Crippen LogP contribution in [-0.4, -0.2) is 10.8 Å². The summed E-state index contributed by atoms with van der Waals surface area (Å²) in [5.41, 5.74) is 0.944. The number of hydrogen-bond acceptors (Lipinski definition) is 4. The smallest absolute Gasteiger partial charge is 0.270 e. The van der Waals surface area contributed by atoms with Gasteiger partial charge in [-0.25, -0.2) is 0 Å². The molecule has 0 fully saturated rings. The summed E-state index contributed by atoms with van der Waals surface area (Å²) in [5.74, 6) is 0.170. The molecule has 3 rings (SSSR count). The molecule has 0 unspecified atom stereocenters. The van der Waals surface area contributed by atoms with Gasteiger partial charge in [-0.05, 0) is 23.8 Å². The van der Waals surface area contributed by atoms with Crippen molar-refractivity contribution in [3.8, 4) is 0 Å². The largest absolute Gasteiger partial charge is 0.467 e. The van der Waals surface area contributed by atoms with Crippen LogP contribution in [0.25, 0.3) is 0 Å². The van der Waals surface area contributed by atoms with Gasteiger partial charge in [-0.2, -0.15) is 0 Å². The van der Waals surface area contributed by atoms with Crippen LogP contribution in [0.5, 0.6) is 0 Å². The summed E-state index contributed by atoms with van der Waals surface area (Å²) < 4.78 is 5.43. The van der Waals surface area contributed by atoms with Crippen molar-refractivity contribution in [1.29, 1.82) is 0 Å². The normalized spacial score (nSPS) is 11.7. The molecule has 1 heterocycles. The van der Waals surface area contributed by atoms with Crippen molar-refractivity contribution in [2.75, 3.05) is 0 Å². The zero-order valence-electron chi connectivity index (χ0n) is 12.6. The highest BCUT2D eigenvalue weighted by atomic mass is 16.6. The fourth-order valence-electron chi connectivity index (χ4n) is 2.39. The first-order valence-corrected chi connectivity index (χ1v) is 7.29. The fourth-order valence-corrected chi connectivity index (χ4v) is 2.39. The Balaban J connectivity index is 1.89. The van der Waals surface area contributed by atoms with Gasteiger partial charge in [0.05, 0.1) is 11.2 Å². The summed E-state index contributed by atoms with van der Waals surface area (Å²) in [5, 5.41) is 13.7. The second-order valence-corrected chi connectivity index (χ2v) is 5.14. The van der Waals surface area contributed by atoms with E-state index in [0.717, 1.165) is 5.56 Å². The number of amides is 1. The zero-order valence-corrected chi connectivity index (χ0v) is 12.6. The van der Waals surface area contributed by atoms with Crippen LogP contribution in [0.1, 0.15) is 27.7 Å². The molecule has 0 aliphatic rings. The summed E-state index contributed by atoms with van der Waals surface area (Å²) in [6.45, 7) is 0. The molecule has 120 valence electrons. The summed E-state index contributed by atoms with van der Waals surface area (Å²) in [6.07, 6.45) is 1.53. The molecule has 0 saturated carbocycles. The van der Waals surface area contributed by atoms with Gasteiger partial charge in [0.25, 0.3) is 11.6 Å². The third kappa shape index (κ3) is 3.33. The van der Waals surface area contributed by atoms with Crippen molar-refractivity contribution in [2.45, 2.75) is 6.04 Å². The number of rotatable bonds is 5. The lowest BCUT2D eigenvalue weighted by Gasteiger charge is -2.17. The van der Waals surface area contributed by atoms with Crippen LogP contribution < -0.4 is 5.32 Å². The first kappa shape index (κ1) is 15.5. The van der Waals surface area contributed by atoms with Crippen molar-refractivity contribution in [1.82, 2.24) is 5.32 Å². The minimum Gasteiger partial charge on any atom is -0.467 e. The Bertz CT molecular complexity index is 844. The Morgan fingerprint density at radius 2 is 1.83 bits per heavy atom. The number of benzene rings is 2. The number of furan rings is 1. The van der Waals surface area contributed by atoms with Gasteiger partial charge in [0, 0.05) is 17.7 Å². The van der Waals surface area contributed by atoms with Crippen molar-refractivity contribution in [3.63, 3.8) is 0 Å². The number of carbonyl (C=O) groups excluding carboxylic acids is 1. The third-order valence-corrected chi connectivity index (χ3v) is 3.56. The van der Waals surface area contributed by atoms with Crippen LogP contribution >= 0.6 is 0 Å². The molecule has 2 aromatic carbocycles. The lowest BCUT2D eigenvalue weighted by atomic mass is 10.0. The first-order valence-electron chi connectivity index (χ1n) is 7.29. The molecule has 6 nitrogen and oxygen atoms in total. The van der Waals surface area contributed by atoms with Gasteiger partial charge in [-0.3, -0.25) is 14.9 Å². The molecule has 0 aliphatic carbocycles. The molecule has 0 bridgehead atoms. The van der Waals surface area contributed by atoms with E-state index in [9.17, 15) is 14.9 Å². The van der Waals surface area contributed by atoms with Gasteiger partial charge in [-0.1, -0.05) is 36.4 Å². The maximum absolute atomic E-state index is 12.5. The Morgan fingerprint density at radius 1 is 1.04 bits per heavy atom. The van der Waals surface area contributed by atoms with E-state index in [1.54, 1.807) is 12.1 Å². The van der Waals surface area contributed by atoms with Gasteiger partial charge in [0.1, 0.15) is 11.8 Å². The van der Waals surface area contributed by atoms with Gasteiger partial charge in [0.2, 0.25) is 0 Å². The Kier molecular flexibility index (Phi) is 4.38. The Labute approximate surface area is 137 Å². The van der Waals surface area contributed by atoms with Crippen molar-refractivity contribution in [2.24, 2.45) is 0 Å². The topological polar surface area (TPSA) is 85.4 Å². The van der Waals surface area contributed by atoms with Crippen LogP contribution in [0.3, 0.4) is 0 Å². The molecule has 24 heavy (non-hydrogen) atoms. The summed E-state index contributed by atoms with van der Waals surface area (Å²) >= 11 is 0. The molecule has 1 aromatic heterocycles. The highest BCUT2D eigenvalue weighted by molar-refractivity contribution is 5.95. The van der Waals surface area contributed by atoms with E-state index < -0.39 is 16.9 Å². The minimum absolute atomic E-state index is 0.128. The van der Waals surface area contributed by atoms with Gasteiger partial charge < -0.3 is 9.73 Å². The Hall–Kier alpha value is -3.41. The summed E-state index contributed by atoms with van der Waals surface area (Å²) in [4.78, 5) is 22.9. The van der Waals surface area contributed by atoms with E-state index in [1.165, 1.54) is 30.5 Å². The summed E-state index contributed by atoms with van der Waals surface area (Å²) in [7, 11) is 0. The van der Waals surface area contributed by atoms with Crippen molar-refractivity contribution in [3.05, 3.63) is 100.0 Å². The predicted octanol–water partition coefficient (Wildman–Crippen LogP) is 3.71. The quantitative estimate of drug-likeness (QED) is 0.573. The average molecular weight is 322 g/mol. The van der Waals surface area contributed by atoms with Gasteiger partial charge in [0.15, 0.2) is 0 Å². The molecule has 0 saturated heterocycles. The molecule has 3 aromatic rings. The Morgan fingerprint density at radius 3 is 2.50 bits per heavy atom. The second-order valence-electron chi connectivity index (χ2n) is 5.14.